The molecule has 0 saturated heterocycles. The highest BCUT2D eigenvalue weighted by molar-refractivity contribution is 6.45. The van der Waals surface area contributed by atoms with Gasteiger partial charge in [-0.3, -0.25) is 14.4 Å². The number of benzene rings is 3. The van der Waals surface area contributed by atoms with Gasteiger partial charge in [0, 0.05) is 33.2 Å². The Bertz CT molecular complexity index is 1590. The van der Waals surface area contributed by atoms with Gasteiger partial charge in [0.05, 0.1) is 22.4 Å². The molecule has 1 N–H and O–H groups in total. The highest BCUT2D eigenvalue weighted by Crippen LogP contribution is 2.42. The van der Waals surface area contributed by atoms with Crippen molar-refractivity contribution in [3.05, 3.63) is 124 Å². The fourth-order valence-electron chi connectivity index (χ4n) is 4.56. The molecule has 2 aliphatic carbocycles. The van der Waals surface area contributed by atoms with Crippen LogP contribution in [0.25, 0.3) is 22.2 Å². The van der Waals surface area contributed by atoms with E-state index in [-0.39, 0.29) is 39.3 Å². The van der Waals surface area contributed by atoms with Gasteiger partial charge in [-0.05, 0) is 12.1 Å². The number of carbonyl (C=O) groups excluding carboxylic acids is 3. The molecule has 0 spiro atoms. The number of aromatic nitrogens is 1. The molecule has 1 aromatic heterocycles. The normalized spacial score (nSPS) is 14.8. The summed E-state index contributed by atoms with van der Waals surface area (Å²) in [6.45, 7) is 0. The van der Waals surface area contributed by atoms with Gasteiger partial charge in [0.25, 0.3) is 0 Å². The van der Waals surface area contributed by atoms with E-state index in [1.807, 2.05) is 30.3 Å². The van der Waals surface area contributed by atoms with Crippen LogP contribution in [0.5, 0.6) is 0 Å². The lowest BCUT2D eigenvalue weighted by molar-refractivity contribution is 0.0989. The van der Waals surface area contributed by atoms with Gasteiger partial charge in [-0.25, -0.2) is 4.98 Å². The Morgan fingerprint density at radius 1 is 0.606 bits per heavy atom. The number of nitrogens with zero attached hydrogens (tertiary/aromatic N) is 1. The van der Waals surface area contributed by atoms with Crippen molar-refractivity contribution in [1.29, 1.82) is 0 Å². The van der Waals surface area contributed by atoms with Crippen LogP contribution < -0.4 is 0 Å². The Balaban J connectivity index is 1.69. The van der Waals surface area contributed by atoms with Gasteiger partial charge in [-0.15, -0.1) is 0 Å². The zero-order valence-corrected chi connectivity index (χ0v) is 17.2. The number of fused-ring (bicyclic) bond motifs is 3. The molecule has 4 aromatic rings. The van der Waals surface area contributed by atoms with E-state index in [0.29, 0.717) is 16.6 Å². The van der Waals surface area contributed by atoms with Crippen LogP contribution in [-0.2, 0) is 0 Å². The average molecular weight is 429 g/mol. The van der Waals surface area contributed by atoms with E-state index >= 15 is 0 Å². The molecule has 6 rings (SSSR count). The van der Waals surface area contributed by atoms with Crippen molar-refractivity contribution in [3.8, 4) is 0 Å². The quantitative estimate of drug-likeness (QED) is 0.348. The first-order valence-corrected chi connectivity index (χ1v) is 10.4. The molecule has 0 amide bonds. The van der Waals surface area contributed by atoms with Gasteiger partial charge in [0.2, 0.25) is 0 Å². The molecule has 0 saturated carbocycles. The molecule has 5 heteroatoms. The number of aliphatic hydroxyl groups is 1. The topological polar surface area (TPSA) is 84.3 Å². The van der Waals surface area contributed by atoms with Crippen LogP contribution in [0.2, 0.25) is 0 Å². The summed E-state index contributed by atoms with van der Waals surface area (Å²) in [6, 6.07) is 24.2. The maximum Gasteiger partial charge on any atom is 0.198 e. The first kappa shape index (κ1) is 19.1. The summed E-state index contributed by atoms with van der Waals surface area (Å²) in [7, 11) is 0. The van der Waals surface area contributed by atoms with Gasteiger partial charge in [-0.2, -0.15) is 0 Å². The van der Waals surface area contributed by atoms with Gasteiger partial charge < -0.3 is 5.11 Å². The van der Waals surface area contributed by atoms with Crippen molar-refractivity contribution < 1.29 is 19.5 Å². The molecule has 0 unspecified atom stereocenters. The standard InChI is InChI=1S/C28H15NO4/c30-25-16-8-2-3-9-17(16)26(31)23(25)22(21-14-13-15-7-1-6-12-20(15)29-21)24-27(32)18-10-4-5-11-19(18)28(24)33/h1-14,30H. The maximum atomic E-state index is 13.4. The van der Waals surface area contributed by atoms with Crippen molar-refractivity contribution in [2.45, 2.75) is 0 Å². The van der Waals surface area contributed by atoms with E-state index < -0.39 is 17.3 Å². The van der Waals surface area contributed by atoms with Crippen LogP contribution in [0.4, 0.5) is 0 Å². The molecule has 0 radical (unpaired) electrons. The van der Waals surface area contributed by atoms with Crippen LogP contribution >= 0.6 is 0 Å². The van der Waals surface area contributed by atoms with Gasteiger partial charge >= 0.3 is 0 Å². The predicted molar refractivity (Wildman–Crippen MR) is 124 cm³/mol. The predicted octanol–water partition coefficient (Wildman–Crippen LogP) is 5.23. The van der Waals surface area contributed by atoms with E-state index in [1.165, 1.54) is 0 Å². The van der Waals surface area contributed by atoms with E-state index in [4.69, 9.17) is 0 Å². The smallest absolute Gasteiger partial charge is 0.198 e. The van der Waals surface area contributed by atoms with Crippen LogP contribution in [0, 0.1) is 0 Å². The summed E-state index contributed by atoms with van der Waals surface area (Å²) < 4.78 is 0. The molecule has 2 aliphatic rings. The Morgan fingerprint density at radius 2 is 1.15 bits per heavy atom. The zero-order chi connectivity index (χ0) is 22.7. The van der Waals surface area contributed by atoms with Crippen LogP contribution in [0.1, 0.15) is 42.3 Å². The number of hydrogen-bond acceptors (Lipinski definition) is 5. The summed E-state index contributed by atoms with van der Waals surface area (Å²) in [4.78, 5) is 44.9. The Hall–Kier alpha value is -4.64. The molecule has 3 aromatic carbocycles. The number of para-hydroxylation sites is 1. The number of pyridine rings is 1. The fraction of sp³-hybridized carbons (Fsp3) is 0. The number of hydrogen-bond donors (Lipinski definition) is 1. The van der Waals surface area contributed by atoms with Gasteiger partial charge in [0.15, 0.2) is 17.3 Å². The number of carbonyl (C=O) groups is 3. The monoisotopic (exact) mass is 429 g/mol. The van der Waals surface area contributed by atoms with Crippen molar-refractivity contribution in [2.75, 3.05) is 0 Å². The fourth-order valence-corrected chi connectivity index (χ4v) is 4.56. The van der Waals surface area contributed by atoms with Gasteiger partial charge in [-0.1, -0.05) is 72.8 Å². The second-order valence-corrected chi connectivity index (χ2v) is 7.94. The molecule has 33 heavy (non-hydrogen) atoms. The van der Waals surface area contributed by atoms with Crippen molar-refractivity contribution in [3.63, 3.8) is 0 Å². The van der Waals surface area contributed by atoms with E-state index in [1.54, 1.807) is 54.6 Å². The molecule has 1 heterocycles. The lowest BCUT2D eigenvalue weighted by Crippen LogP contribution is -2.12. The molecule has 0 bridgehead atoms. The number of allylic oxidation sites excluding steroid dienone is 3. The third-order valence-electron chi connectivity index (χ3n) is 6.12. The number of ketones is 3. The van der Waals surface area contributed by atoms with Crippen LogP contribution in [0.15, 0.2) is 96.1 Å². The van der Waals surface area contributed by atoms with Crippen molar-refractivity contribution in [2.24, 2.45) is 0 Å². The largest absolute Gasteiger partial charge is 0.507 e. The van der Waals surface area contributed by atoms with Gasteiger partial charge in [0.1, 0.15) is 5.76 Å². The lowest BCUT2D eigenvalue weighted by Gasteiger charge is -2.12. The molecule has 0 aliphatic heterocycles. The van der Waals surface area contributed by atoms with Crippen molar-refractivity contribution in [1.82, 2.24) is 4.98 Å². The number of rotatable bonds is 2. The Morgan fingerprint density at radius 3 is 1.79 bits per heavy atom. The minimum atomic E-state index is -0.482. The molecule has 5 nitrogen and oxygen atoms in total. The molecule has 0 fully saturated rings. The highest BCUT2D eigenvalue weighted by atomic mass is 16.3. The van der Waals surface area contributed by atoms with E-state index in [2.05, 4.69) is 4.98 Å². The third kappa shape index (κ3) is 2.66. The summed E-state index contributed by atoms with van der Waals surface area (Å²) in [6.07, 6.45) is 0. The summed E-state index contributed by atoms with van der Waals surface area (Å²) in [5.74, 6) is -1.67. The minimum Gasteiger partial charge on any atom is -0.507 e. The van der Waals surface area contributed by atoms with Crippen LogP contribution in [-0.4, -0.2) is 27.4 Å². The summed E-state index contributed by atoms with van der Waals surface area (Å²) >= 11 is 0. The number of aliphatic hydroxyl groups excluding tert-OH is 1. The SMILES string of the molecule is O=C1C(=C(C2=C(O)c3ccccc3C2=O)c2ccc3ccccc3n2)C(=O)c2ccccc21. The van der Waals surface area contributed by atoms with E-state index in [0.717, 1.165) is 5.39 Å². The van der Waals surface area contributed by atoms with Crippen LogP contribution in [0.3, 0.4) is 0 Å². The van der Waals surface area contributed by atoms with Crippen molar-refractivity contribution >= 4 is 39.6 Å². The molecule has 156 valence electrons. The second-order valence-electron chi connectivity index (χ2n) is 7.94. The maximum absolute atomic E-state index is 13.4. The first-order valence-electron chi connectivity index (χ1n) is 10.4. The molecular formula is C28H15NO4. The first-order chi connectivity index (χ1) is 16.1. The molecular weight excluding hydrogens is 414 g/mol. The Kier molecular flexibility index (Phi) is 4.01. The van der Waals surface area contributed by atoms with E-state index in [9.17, 15) is 19.5 Å². The highest BCUT2D eigenvalue weighted by Gasteiger charge is 2.41. The summed E-state index contributed by atoms with van der Waals surface area (Å²) in [5.41, 5.74) is 1.99. The minimum absolute atomic E-state index is 0.0608. The third-order valence-corrected chi connectivity index (χ3v) is 6.12. The summed E-state index contributed by atoms with van der Waals surface area (Å²) in [5, 5.41) is 12.0. The average Bonchev–Trinajstić information content (AvgIpc) is 3.25. The molecule has 0 atom stereocenters. The Labute approximate surface area is 188 Å². The second kappa shape index (κ2) is 6.93. The lowest BCUT2D eigenvalue weighted by atomic mass is 9.91. The number of Topliss-reactive ketones (excluding diaryl/α,β-unsaturated/α-hetero) is 3. The zero-order valence-electron chi connectivity index (χ0n) is 17.2.